The third kappa shape index (κ3) is 2.02. The van der Waals surface area contributed by atoms with E-state index in [4.69, 9.17) is 0 Å². The molecule has 2 aliphatic rings. The molecule has 0 amide bonds. The fraction of sp³-hybridized carbons (Fsp3) is 0.692. The Kier molecular flexibility index (Phi) is 2.54. The number of nitrogens with zero attached hydrogens (tertiary/aromatic N) is 3. The van der Waals surface area contributed by atoms with Crippen molar-refractivity contribution in [3.8, 4) is 0 Å². The maximum Gasteiger partial charge on any atom is 0.225 e. The van der Waals surface area contributed by atoms with E-state index >= 15 is 0 Å². The van der Waals surface area contributed by atoms with Crippen molar-refractivity contribution in [2.24, 2.45) is 5.41 Å². The van der Waals surface area contributed by atoms with Gasteiger partial charge in [-0.3, -0.25) is 0 Å². The first-order valence-corrected chi connectivity index (χ1v) is 6.39. The lowest BCUT2D eigenvalue weighted by molar-refractivity contribution is -0.0465. The van der Waals surface area contributed by atoms with E-state index in [9.17, 15) is 5.11 Å². The Bertz CT molecular complexity index is 388. The average molecular weight is 233 g/mol. The fourth-order valence-corrected chi connectivity index (χ4v) is 3.08. The summed E-state index contributed by atoms with van der Waals surface area (Å²) < 4.78 is 0. The highest BCUT2D eigenvalue weighted by Crippen LogP contribution is 2.49. The van der Waals surface area contributed by atoms with E-state index in [-0.39, 0.29) is 6.10 Å². The molecule has 1 aliphatic heterocycles. The molecule has 2 fully saturated rings. The van der Waals surface area contributed by atoms with Crippen LogP contribution in [0.25, 0.3) is 0 Å². The van der Waals surface area contributed by atoms with Gasteiger partial charge in [0.05, 0.1) is 6.10 Å². The lowest BCUT2D eigenvalue weighted by Gasteiger charge is -2.50. The summed E-state index contributed by atoms with van der Waals surface area (Å²) in [5, 5.41) is 9.44. The first kappa shape index (κ1) is 11.0. The summed E-state index contributed by atoms with van der Waals surface area (Å²) in [5.74, 6) is 0.852. The molecule has 4 heteroatoms. The Labute approximate surface area is 102 Å². The number of aliphatic hydroxyl groups excluding tert-OH is 1. The van der Waals surface area contributed by atoms with Crippen LogP contribution in [0.4, 0.5) is 5.95 Å². The molecule has 1 aliphatic carbocycles. The van der Waals surface area contributed by atoms with Crippen molar-refractivity contribution in [1.82, 2.24) is 9.97 Å². The van der Waals surface area contributed by atoms with Gasteiger partial charge in [0.15, 0.2) is 0 Å². The number of anilines is 1. The molecule has 1 saturated heterocycles. The van der Waals surface area contributed by atoms with Crippen LogP contribution in [-0.2, 0) is 0 Å². The topological polar surface area (TPSA) is 49.2 Å². The number of aryl methyl sites for hydroxylation is 1. The van der Waals surface area contributed by atoms with Crippen LogP contribution >= 0.6 is 0 Å². The second-order valence-electron chi connectivity index (χ2n) is 5.61. The van der Waals surface area contributed by atoms with Crippen LogP contribution in [0, 0.1) is 12.3 Å². The first-order valence-electron chi connectivity index (χ1n) is 6.39. The summed E-state index contributed by atoms with van der Waals surface area (Å²) in [6, 6.07) is 0. The van der Waals surface area contributed by atoms with E-state index < -0.39 is 0 Å². The third-order valence-electron chi connectivity index (χ3n) is 4.21. The molecule has 92 valence electrons. The maximum atomic E-state index is 9.44. The second kappa shape index (κ2) is 3.95. The third-order valence-corrected chi connectivity index (χ3v) is 4.21. The van der Waals surface area contributed by atoms with Crippen molar-refractivity contribution >= 4 is 5.95 Å². The zero-order chi connectivity index (χ0) is 11.9. The molecule has 0 radical (unpaired) electrons. The van der Waals surface area contributed by atoms with Crippen LogP contribution in [0.1, 0.15) is 31.2 Å². The van der Waals surface area contributed by atoms with Gasteiger partial charge < -0.3 is 10.0 Å². The molecule has 3 rings (SSSR count). The van der Waals surface area contributed by atoms with E-state index in [2.05, 4.69) is 14.9 Å². The number of rotatable bonds is 1. The van der Waals surface area contributed by atoms with Gasteiger partial charge in [0.25, 0.3) is 0 Å². The minimum Gasteiger partial charge on any atom is -0.393 e. The quantitative estimate of drug-likeness (QED) is 0.799. The number of piperidine rings is 1. The van der Waals surface area contributed by atoms with Crippen molar-refractivity contribution in [3.05, 3.63) is 18.0 Å². The van der Waals surface area contributed by atoms with Crippen LogP contribution in [0.15, 0.2) is 12.4 Å². The van der Waals surface area contributed by atoms with Crippen molar-refractivity contribution in [3.63, 3.8) is 0 Å². The molecule has 1 spiro atoms. The highest BCUT2D eigenvalue weighted by molar-refractivity contribution is 5.31. The van der Waals surface area contributed by atoms with Crippen LogP contribution in [-0.4, -0.2) is 34.3 Å². The predicted molar refractivity (Wildman–Crippen MR) is 65.9 cm³/mol. The molecule has 1 saturated carbocycles. The van der Waals surface area contributed by atoms with Crippen molar-refractivity contribution in [2.75, 3.05) is 18.0 Å². The summed E-state index contributed by atoms with van der Waals surface area (Å²) in [4.78, 5) is 11.0. The fourth-order valence-electron chi connectivity index (χ4n) is 3.08. The Morgan fingerprint density at radius 3 is 2.35 bits per heavy atom. The predicted octanol–water partition coefficient (Wildman–Crippen LogP) is 1.53. The summed E-state index contributed by atoms with van der Waals surface area (Å²) in [6.07, 6.45) is 8.03. The smallest absolute Gasteiger partial charge is 0.225 e. The zero-order valence-electron chi connectivity index (χ0n) is 10.3. The largest absolute Gasteiger partial charge is 0.393 e. The lowest BCUT2D eigenvalue weighted by atomic mass is 9.61. The maximum absolute atomic E-state index is 9.44. The Hall–Kier alpha value is -1.16. The van der Waals surface area contributed by atoms with Crippen LogP contribution in [0.3, 0.4) is 0 Å². The molecule has 0 bridgehead atoms. The molecule has 2 heterocycles. The average Bonchev–Trinajstić information content (AvgIpc) is 2.30. The summed E-state index contributed by atoms with van der Waals surface area (Å²) in [7, 11) is 0. The molecule has 0 aromatic carbocycles. The van der Waals surface area contributed by atoms with Gasteiger partial charge in [-0.1, -0.05) is 0 Å². The minimum absolute atomic E-state index is 0.0443. The molecule has 1 aromatic rings. The SMILES string of the molecule is Cc1cnc(N2CCC3(CC2)CC(O)C3)nc1. The van der Waals surface area contributed by atoms with Gasteiger partial charge in [0.1, 0.15) is 0 Å². The zero-order valence-corrected chi connectivity index (χ0v) is 10.3. The highest BCUT2D eigenvalue weighted by atomic mass is 16.3. The van der Waals surface area contributed by atoms with Gasteiger partial charge >= 0.3 is 0 Å². The van der Waals surface area contributed by atoms with Crippen LogP contribution in [0.5, 0.6) is 0 Å². The van der Waals surface area contributed by atoms with Gasteiger partial charge in [-0.25, -0.2) is 9.97 Å². The van der Waals surface area contributed by atoms with E-state index in [0.29, 0.717) is 5.41 Å². The van der Waals surface area contributed by atoms with Crippen LogP contribution < -0.4 is 4.90 Å². The summed E-state index contributed by atoms with van der Waals surface area (Å²) >= 11 is 0. The van der Waals surface area contributed by atoms with Gasteiger partial charge in [0.2, 0.25) is 5.95 Å². The van der Waals surface area contributed by atoms with Crippen molar-refractivity contribution in [1.29, 1.82) is 0 Å². The Morgan fingerprint density at radius 2 is 1.82 bits per heavy atom. The van der Waals surface area contributed by atoms with E-state index in [1.165, 1.54) is 12.8 Å². The first-order chi connectivity index (χ1) is 8.17. The minimum atomic E-state index is -0.0443. The van der Waals surface area contributed by atoms with E-state index in [1.807, 2.05) is 19.3 Å². The normalized spacial score (nSPS) is 23.8. The van der Waals surface area contributed by atoms with Crippen molar-refractivity contribution < 1.29 is 5.11 Å². The highest BCUT2D eigenvalue weighted by Gasteiger charge is 2.45. The standard InChI is InChI=1S/C13H19N3O/c1-10-8-14-12(15-9-10)16-4-2-13(3-5-16)6-11(17)7-13/h8-9,11,17H,2-7H2,1H3. The number of aliphatic hydroxyl groups is 1. The summed E-state index contributed by atoms with van der Waals surface area (Å²) in [5.41, 5.74) is 1.53. The van der Waals surface area contributed by atoms with Crippen molar-refractivity contribution in [2.45, 2.75) is 38.7 Å². The molecular weight excluding hydrogens is 214 g/mol. The van der Waals surface area contributed by atoms with Crippen LogP contribution in [0.2, 0.25) is 0 Å². The van der Waals surface area contributed by atoms with Gasteiger partial charge in [-0.15, -0.1) is 0 Å². The number of hydrogen-bond donors (Lipinski definition) is 1. The summed E-state index contributed by atoms with van der Waals surface area (Å²) in [6.45, 7) is 4.05. The van der Waals surface area contributed by atoms with Gasteiger partial charge in [0, 0.05) is 25.5 Å². The number of aromatic nitrogens is 2. The lowest BCUT2D eigenvalue weighted by Crippen LogP contribution is -2.49. The molecule has 1 aromatic heterocycles. The molecule has 0 unspecified atom stereocenters. The molecule has 17 heavy (non-hydrogen) atoms. The molecule has 0 atom stereocenters. The second-order valence-corrected chi connectivity index (χ2v) is 5.61. The van der Waals surface area contributed by atoms with Gasteiger partial charge in [-0.05, 0) is 43.6 Å². The Balaban J connectivity index is 1.63. The molecule has 4 nitrogen and oxygen atoms in total. The molecular formula is C13H19N3O. The van der Waals surface area contributed by atoms with Gasteiger partial charge in [-0.2, -0.15) is 0 Å². The monoisotopic (exact) mass is 233 g/mol. The van der Waals surface area contributed by atoms with E-state index in [0.717, 1.165) is 37.4 Å². The number of hydrogen-bond acceptors (Lipinski definition) is 4. The molecule has 1 N–H and O–H groups in total. The Morgan fingerprint density at radius 1 is 1.24 bits per heavy atom. The van der Waals surface area contributed by atoms with E-state index in [1.54, 1.807) is 0 Å².